The summed E-state index contributed by atoms with van der Waals surface area (Å²) in [5, 5.41) is 8.83. The van der Waals surface area contributed by atoms with Gasteiger partial charge in [-0.05, 0) is 18.2 Å². The Morgan fingerprint density at radius 1 is 1.10 bits per heavy atom. The number of furan rings is 1. The predicted molar refractivity (Wildman–Crippen MR) is 111 cm³/mol. The zero-order valence-corrected chi connectivity index (χ0v) is 16.9. The molecule has 0 fully saturated rings. The number of rotatable bonds is 5. The molecule has 0 bridgehead atoms. The molecule has 0 aliphatic heterocycles. The van der Waals surface area contributed by atoms with Crippen LogP contribution in [0.4, 0.5) is 0 Å². The van der Waals surface area contributed by atoms with Gasteiger partial charge < -0.3 is 19.7 Å². The van der Waals surface area contributed by atoms with Gasteiger partial charge in [-0.1, -0.05) is 45.0 Å². The van der Waals surface area contributed by atoms with Crippen LogP contribution >= 0.6 is 0 Å². The van der Waals surface area contributed by atoms with Crippen molar-refractivity contribution in [3.63, 3.8) is 0 Å². The summed E-state index contributed by atoms with van der Waals surface area (Å²) in [5.41, 5.74) is 7.43. The van der Waals surface area contributed by atoms with Crippen molar-refractivity contribution < 1.29 is 23.6 Å². The Morgan fingerprint density at radius 3 is 2.43 bits per heavy atom. The van der Waals surface area contributed by atoms with Gasteiger partial charge in [-0.3, -0.25) is 10.2 Å². The summed E-state index contributed by atoms with van der Waals surface area (Å²) in [6.45, 7) is 5.47. The van der Waals surface area contributed by atoms with Crippen LogP contribution < -0.4 is 16.0 Å². The zero-order valence-electron chi connectivity index (χ0n) is 16.9. The number of hydrogen-bond acceptors (Lipinski definition) is 6. The number of nitrogen functional groups attached to an aromatic ring is 1. The molecule has 30 heavy (non-hydrogen) atoms. The molecular weight excluding hydrogens is 386 g/mol. The molecule has 1 atom stereocenters. The Kier molecular flexibility index (Phi) is 5.77. The SMILES string of the molecule is CC(C)(C)C(Oc1ccccc1)C(=O)ONC(=O)c1c(C(=N)N)ccc2cocc12. The second-order valence-electron chi connectivity index (χ2n) is 7.81. The van der Waals surface area contributed by atoms with Gasteiger partial charge in [0.15, 0.2) is 0 Å². The summed E-state index contributed by atoms with van der Waals surface area (Å²) in [5.74, 6) is -1.28. The third kappa shape index (κ3) is 4.43. The van der Waals surface area contributed by atoms with Crippen LogP contribution in [0.5, 0.6) is 5.75 Å². The summed E-state index contributed by atoms with van der Waals surface area (Å²) < 4.78 is 10.9. The number of amides is 1. The van der Waals surface area contributed by atoms with E-state index in [-0.39, 0.29) is 17.0 Å². The number of carbonyl (C=O) groups is 2. The van der Waals surface area contributed by atoms with Crippen molar-refractivity contribution in [1.29, 1.82) is 5.41 Å². The van der Waals surface area contributed by atoms with Gasteiger partial charge in [0.1, 0.15) is 11.6 Å². The highest BCUT2D eigenvalue weighted by molar-refractivity contribution is 6.15. The predicted octanol–water partition coefficient (Wildman–Crippen LogP) is 3.40. The van der Waals surface area contributed by atoms with E-state index in [0.29, 0.717) is 16.5 Å². The number of amidine groups is 1. The molecule has 4 N–H and O–H groups in total. The molecule has 8 nitrogen and oxygen atoms in total. The number of benzene rings is 2. The van der Waals surface area contributed by atoms with E-state index in [1.54, 1.807) is 30.3 Å². The van der Waals surface area contributed by atoms with Crippen LogP contribution in [-0.2, 0) is 9.63 Å². The molecule has 3 rings (SSSR count). The van der Waals surface area contributed by atoms with E-state index in [0.717, 1.165) is 0 Å². The minimum atomic E-state index is -0.975. The monoisotopic (exact) mass is 409 g/mol. The molecule has 8 heteroatoms. The van der Waals surface area contributed by atoms with Crippen LogP contribution in [0.25, 0.3) is 10.8 Å². The highest BCUT2D eigenvalue weighted by Crippen LogP contribution is 2.26. The zero-order chi connectivity index (χ0) is 21.9. The van der Waals surface area contributed by atoms with Gasteiger partial charge in [0, 0.05) is 21.8 Å². The molecule has 0 radical (unpaired) electrons. The van der Waals surface area contributed by atoms with Crippen molar-refractivity contribution >= 4 is 28.5 Å². The average Bonchev–Trinajstić information content (AvgIpc) is 3.17. The molecule has 0 aliphatic rings. The fraction of sp³-hybridized carbons (Fsp3) is 0.227. The first-order chi connectivity index (χ1) is 14.2. The number of nitrogens with two attached hydrogens (primary N) is 1. The number of ether oxygens (including phenoxy) is 1. The summed E-state index contributed by atoms with van der Waals surface area (Å²) in [6, 6.07) is 12.1. The second-order valence-corrected chi connectivity index (χ2v) is 7.81. The molecule has 156 valence electrons. The van der Waals surface area contributed by atoms with E-state index in [4.69, 9.17) is 25.1 Å². The fourth-order valence-electron chi connectivity index (χ4n) is 2.92. The number of carbonyl (C=O) groups excluding carboxylic acids is 2. The van der Waals surface area contributed by atoms with E-state index >= 15 is 0 Å². The van der Waals surface area contributed by atoms with Crippen LogP contribution in [0.15, 0.2) is 59.4 Å². The molecule has 0 saturated heterocycles. The van der Waals surface area contributed by atoms with Gasteiger partial charge >= 0.3 is 5.97 Å². The lowest BCUT2D eigenvalue weighted by Gasteiger charge is -2.28. The molecular formula is C22H23N3O5. The van der Waals surface area contributed by atoms with E-state index in [1.807, 2.05) is 26.8 Å². The maximum absolute atomic E-state index is 12.8. The highest BCUT2D eigenvalue weighted by atomic mass is 16.7. The Hall–Kier alpha value is -3.81. The van der Waals surface area contributed by atoms with Crippen molar-refractivity contribution in [3.8, 4) is 5.75 Å². The molecule has 2 aromatic carbocycles. The first-order valence-corrected chi connectivity index (χ1v) is 9.24. The molecule has 0 spiro atoms. The Morgan fingerprint density at radius 2 is 1.80 bits per heavy atom. The highest BCUT2D eigenvalue weighted by Gasteiger charge is 2.36. The van der Waals surface area contributed by atoms with Crippen molar-refractivity contribution in [2.75, 3.05) is 0 Å². The summed E-state index contributed by atoms with van der Waals surface area (Å²) in [4.78, 5) is 30.6. The topological polar surface area (TPSA) is 128 Å². The van der Waals surface area contributed by atoms with Crippen LogP contribution in [0.2, 0.25) is 0 Å². The molecule has 3 aromatic rings. The van der Waals surface area contributed by atoms with Crippen molar-refractivity contribution in [2.24, 2.45) is 11.1 Å². The normalized spacial score (nSPS) is 12.2. The first-order valence-electron chi connectivity index (χ1n) is 9.24. The number of para-hydroxylation sites is 1. The molecule has 1 amide bonds. The van der Waals surface area contributed by atoms with Gasteiger partial charge in [-0.25, -0.2) is 4.79 Å². The lowest BCUT2D eigenvalue weighted by atomic mass is 9.89. The summed E-state index contributed by atoms with van der Waals surface area (Å²) in [7, 11) is 0. The molecule has 1 heterocycles. The number of fused-ring (bicyclic) bond motifs is 1. The van der Waals surface area contributed by atoms with Crippen molar-refractivity contribution in [3.05, 3.63) is 66.1 Å². The summed E-state index contributed by atoms with van der Waals surface area (Å²) in [6.07, 6.45) is 1.86. The van der Waals surface area contributed by atoms with E-state index in [9.17, 15) is 9.59 Å². The van der Waals surface area contributed by atoms with Crippen LogP contribution in [0.1, 0.15) is 36.7 Å². The van der Waals surface area contributed by atoms with Crippen LogP contribution in [0.3, 0.4) is 0 Å². The van der Waals surface area contributed by atoms with Gasteiger partial charge in [0.25, 0.3) is 5.91 Å². The third-order valence-corrected chi connectivity index (χ3v) is 4.42. The van der Waals surface area contributed by atoms with Gasteiger partial charge in [-0.15, -0.1) is 0 Å². The molecule has 0 aliphatic carbocycles. The lowest BCUT2D eigenvalue weighted by Crippen LogP contribution is -2.44. The Labute approximate surface area is 173 Å². The quantitative estimate of drug-likeness (QED) is 0.337. The van der Waals surface area contributed by atoms with Gasteiger partial charge in [0.2, 0.25) is 6.10 Å². The fourth-order valence-corrected chi connectivity index (χ4v) is 2.92. The van der Waals surface area contributed by atoms with Crippen LogP contribution in [-0.4, -0.2) is 23.8 Å². The third-order valence-electron chi connectivity index (χ3n) is 4.42. The average molecular weight is 409 g/mol. The lowest BCUT2D eigenvalue weighted by molar-refractivity contribution is -0.162. The van der Waals surface area contributed by atoms with Gasteiger partial charge in [0.05, 0.1) is 18.1 Å². The van der Waals surface area contributed by atoms with Crippen LogP contribution in [0, 0.1) is 10.8 Å². The van der Waals surface area contributed by atoms with Gasteiger partial charge in [-0.2, -0.15) is 5.48 Å². The smallest absolute Gasteiger partial charge is 0.372 e. The van der Waals surface area contributed by atoms with E-state index in [2.05, 4.69) is 5.48 Å². The van der Waals surface area contributed by atoms with Crippen molar-refractivity contribution in [1.82, 2.24) is 5.48 Å². The molecule has 0 saturated carbocycles. The number of hydroxylamine groups is 1. The maximum Gasteiger partial charge on any atom is 0.372 e. The van der Waals surface area contributed by atoms with E-state index in [1.165, 1.54) is 18.6 Å². The van der Waals surface area contributed by atoms with Crippen molar-refractivity contribution in [2.45, 2.75) is 26.9 Å². The Bertz CT molecular complexity index is 1080. The largest absolute Gasteiger partial charge is 0.478 e. The number of hydrogen-bond donors (Lipinski definition) is 3. The summed E-state index contributed by atoms with van der Waals surface area (Å²) >= 11 is 0. The molecule has 1 aromatic heterocycles. The maximum atomic E-state index is 12.8. The standard InChI is InChI=1S/C22H23N3O5/c1-22(2,3)18(29-14-7-5-4-6-8-14)21(27)30-25-20(26)17-15(19(23)24)10-9-13-11-28-12-16(13)17/h4-12,18H,1-3H3,(H3,23,24)(H,25,26). The van der Waals surface area contributed by atoms with E-state index < -0.39 is 23.4 Å². The molecule has 1 unspecified atom stereocenters. The first kappa shape index (κ1) is 20.9. The minimum absolute atomic E-state index is 0.0813. The Balaban J connectivity index is 1.80. The number of nitrogens with one attached hydrogen (secondary N) is 2. The minimum Gasteiger partial charge on any atom is -0.478 e. The second kappa shape index (κ2) is 8.28.